The van der Waals surface area contributed by atoms with Crippen LogP contribution in [-0.2, 0) is 24.2 Å². The summed E-state index contributed by atoms with van der Waals surface area (Å²) in [6, 6.07) is -0.826. The molecule has 1 aliphatic rings. The summed E-state index contributed by atoms with van der Waals surface area (Å²) in [5, 5.41) is 11.6. The van der Waals surface area contributed by atoms with Crippen LogP contribution in [0.5, 0.6) is 0 Å². The molecule has 0 saturated carbocycles. The molecular formula is C8H13NO6S. The second-order valence-electron chi connectivity index (χ2n) is 3.60. The van der Waals surface area contributed by atoms with E-state index < -0.39 is 40.5 Å². The summed E-state index contributed by atoms with van der Waals surface area (Å²) in [5.74, 6) is -1.88. The van der Waals surface area contributed by atoms with Crippen molar-refractivity contribution in [2.45, 2.75) is 19.1 Å². The number of aliphatic hydroxyl groups excluding tert-OH is 1. The van der Waals surface area contributed by atoms with Crippen molar-refractivity contribution in [3.63, 3.8) is 0 Å². The molecule has 1 rings (SSSR count). The number of rotatable bonds is 3. The van der Waals surface area contributed by atoms with E-state index in [1.54, 1.807) is 0 Å². The van der Waals surface area contributed by atoms with Gasteiger partial charge in [0.15, 0.2) is 16.4 Å². The summed E-state index contributed by atoms with van der Waals surface area (Å²) in [7, 11) is -3.29. The number of ether oxygens (including phenoxy) is 1. The highest BCUT2D eigenvalue weighted by Crippen LogP contribution is 2.12. The van der Waals surface area contributed by atoms with E-state index in [1.807, 2.05) is 0 Å². The molecular weight excluding hydrogens is 238 g/mol. The lowest BCUT2D eigenvalue weighted by Gasteiger charge is -2.14. The van der Waals surface area contributed by atoms with Gasteiger partial charge in [0.05, 0.1) is 23.7 Å². The van der Waals surface area contributed by atoms with E-state index in [9.17, 15) is 23.1 Å². The van der Waals surface area contributed by atoms with Crippen LogP contribution in [0.4, 0.5) is 0 Å². The number of carbonyl (C=O) groups excluding carboxylic acids is 2. The van der Waals surface area contributed by atoms with Crippen molar-refractivity contribution < 1.29 is 27.9 Å². The largest absolute Gasteiger partial charge is 0.456 e. The third-order valence-electron chi connectivity index (χ3n) is 2.08. The first-order valence-corrected chi connectivity index (χ1v) is 6.43. The first-order chi connectivity index (χ1) is 7.30. The van der Waals surface area contributed by atoms with Crippen molar-refractivity contribution in [1.82, 2.24) is 5.32 Å². The maximum atomic E-state index is 11.2. The normalized spacial score (nSPS) is 27.4. The van der Waals surface area contributed by atoms with Crippen LogP contribution in [0, 0.1) is 0 Å². The minimum absolute atomic E-state index is 0.292. The van der Waals surface area contributed by atoms with Crippen LogP contribution in [0.25, 0.3) is 0 Å². The van der Waals surface area contributed by atoms with E-state index in [-0.39, 0.29) is 11.5 Å². The Bertz CT molecular complexity index is 389. The first-order valence-electron chi connectivity index (χ1n) is 4.61. The highest BCUT2D eigenvalue weighted by atomic mass is 32.2. The van der Waals surface area contributed by atoms with Crippen LogP contribution in [0.2, 0.25) is 0 Å². The number of nitrogens with one attached hydrogen (secondary N) is 1. The van der Waals surface area contributed by atoms with Crippen molar-refractivity contribution in [3.05, 3.63) is 0 Å². The topological polar surface area (TPSA) is 110 Å². The molecule has 2 N–H and O–H groups in total. The van der Waals surface area contributed by atoms with Crippen LogP contribution in [0.15, 0.2) is 0 Å². The fraction of sp³-hybridized carbons (Fsp3) is 0.750. The van der Waals surface area contributed by atoms with Crippen molar-refractivity contribution in [1.29, 1.82) is 0 Å². The van der Waals surface area contributed by atoms with Gasteiger partial charge in [0, 0.05) is 6.92 Å². The lowest BCUT2D eigenvalue weighted by Crippen LogP contribution is -2.44. The Morgan fingerprint density at radius 2 is 2.06 bits per heavy atom. The van der Waals surface area contributed by atoms with E-state index in [1.165, 1.54) is 0 Å². The number of hydrogen-bond donors (Lipinski definition) is 2. The molecule has 1 aliphatic heterocycles. The molecule has 0 spiro atoms. The second-order valence-corrected chi connectivity index (χ2v) is 5.75. The summed E-state index contributed by atoms with van der Waals surface area (Å²) < 4.78 is 26.6. The van der Waals surface area contributed by atoms with Gasteiger partial charge < -0.3 is 15.2 Å². The zero-order valence-corrected chi connectivity index (χ0v) is 9.49. The van der Waals surface area contributed by atoms with Crippen LogP contribution in [0.3, 0.4) is 0 Å². The fourth-order valence-electron chi connectivity index (χ4n) is 1.38. The molecule has 0 aromatic rings. The average molecular weight is 251 g/mol. The summed E-state index contributed by atoms with van der Waals surface area (Å²) in [5.41, 5.74) is 0. The minimum Gasteiger partial charge on any atom is -0.456 e. The highest BCUT2D eigenvalue weighted by Gasteiger charge is 2.37. The molecule has 1 amide bonds. The van der Waals surface area contributed by atoms with Crippen LogP contribution < -0.4 is 5.32 Å². The Morgan fingerprint density at radius 3 is 2.50 bits per heavy atom. The molecule has 0 bridgehead atoms. The molecule has 2 atom stereocenters. The van der Waals surface area contributed by atoms with E-state index >= 15 is 0 Å². The van der Waals surface area contributed by atoms with Gasteiger partial charge in [-0.05, 0) is 0 Å². The molecule has 0 aliphatic carbocycles. The van der Waals surface area contributed by atoms with Crippen LogP contribution >= 0.6 is 0 Å². The number of hydrogen-bond acceptors (Lipinski definition) is 6. The molecule has 0 aromatic carbocycles. The fourth-order valence-corrected chi connectivity index (χ4v) is 3.12. The van der Waals surface area contributed by atoms with Gasteiger partial charge in [0.1, 0.15) is 0 Å². The Labute approximate surface area is 92.7 Å². The second kappa shape index (κ2) is 4.79. The predicted octanol–water partition coefficient (Wildman–Crippen LogP) is -2.18. The quantitative estimate of drug-likeness (QED) is 0.552. The Balaban J connectivity index is 2.43. The first kappa shape index (κ1) is 12.9. The number of amides is 1. The molecule has 0 radical (unpaired) electrons. The monoisotopic (exact) mass is 251 g/mol. The lowest BCUT2D eigenvalue weighted by molar-refractivity contribution is -0.146. The highest BCUT2D eigenvalue weighted by molar-refractivity contribution is 7.91. The van der Waals surface area contributed by atoms with Gasteiger partial charge in [-0.2, -0.15) is 0 Å². The van der Waals surface area contributed by atoms with Crippen LogP contribution in [0.1, 0.15) is 6.92 Å². The van der Waals surface area contributed by atoms with Gasteiger partial charge in [-0.1, -0.05) is 0 Å². The summed E-state index contributed by atoms with van der Waals surface area (Å²) in [6.45, 7) is 0.681. The number of esters is 1. The van der Waals surface area contributed by atoms with Crippen molar-refractivity contribution in [2.24, 2.45) is 0 Å². The van der Waals surface area contributed by atoms with Gasteiger partial charge in [-0.25, -0.2) is 8.42 Å². The van der Waals surface area contributed by atoms with Crippen molar-refractivity contribution in [2.75, 3.05) is 18.1 Å². The molecule has 1 heterocycles. The van der Waals surface area contributed by atoms with Crippen LogP contribution in [-0.4, -0.2) is 55.7 Å². The van der Waals surface area contributed by atoms with Gasteiger partial charge in [0.2, 0.25) is 0 Å². The SMILES string of the molecule is CC(=O)OCC(=O)NC1CS(=O)(=O)CC1O. The third kappa shape index (κ3) is 3.78. The number of carbonyl (C=O) groups is 2. The van der Waals surface area contributed by atoms with E-state index in [4.69, 9.17) is 0 Å². The molecule has 0 aromatic heterocycles. The maximum Gasteiger partial charge on any atom is 0.303 e. The predicted molar refractivity (Wildman–Crippen MR) is 53.2 cm³/mol. The Hall–Kier alpha value is -1.15. The maximum absolute atomic E-state index is 11.2. The standard InChI is InChI=1S/C8H13NO6S/c1-5(10)15-2-8(12)9-6-3-16(13,14)4-7(6)11/h6-7,11H,2-4H2,1H3,(H,9,12). The average Bonchev–Trinajstić information content (AvgIpc) is 2.36. The third-order valence-corrected chi connectivity index (χ3v) is 3.79. The van der Waals surface area contributed by atoms with Crippen molar-refractivity contribution in [3.8, 4) is 0 Å². The lowest BCUT2D eigenvalue weighted by atomic mass is 10.2. The molecule has 16 heavy (non-hydrogen) atoms. The zero-order valence-electron chi connectivity index (χ0n) is 8.67. The summed E-state index contributed by atoms with van der Waals surface area (Å²) >= 11 is 0. The van der Waals surface area contributed by atoms with Gasteiger partial charge in [0.25, 0.3) is 5.91 Å². The van der Waals surface area contributed by atoms with Gasteiger partial charge in [-0.3, -0.25) is 9.59 Å². The van der Waals surface area contributed by atoms with Gasteiger partial charge >= 0.3 is 5.97 Å². The van der Waals surface area contributed by atoms with E-state index in [0.717, 1.165) is 6.92 Å². The molecule has 1 saturated heterocycles. The Kier molecular flexibility index (Phi) is 3.87. The summed E-state index contributed by atoms with van der Waals surface area (Å²) in [6.07, 6.45) is -1.11. The van der Waals surface area contributed by atoms with Gasteiger partial charge in [-0.15, -0.1) is 0 Å². The van der Waals surface area contributed by atoms with E-state index in [2.05, 4.69) is 10.1 Å². The molecule has 92 valence electrons. The summed E-state index contributed by atoms with van der Waals surface area (Å²) in [4.78, 5) is 21.6. The van der Waals surface area contributed by atoms with Crippen molar-refractivity contribution >= 4 is 21.7 Å². The molecule has 8 heteroatoms. The molecule has 1 fully saturated rings. The molecule has 7 nitrogen and oxygen atoms in total. The minimum atomic E-state index is -3.29. The smallest absolute Gasteiger partial charge is 0.303 e. The zero-order chi connectivity index (χ0) is 12.3. The van der Waals surface area contributed by atoms with E-state index in [0.29, 0.717) is 0 Å². The Morgan fingerprint density at radius 1 is 1.44 bits per heavy atom. The number of aliphatic hydroxyl groups is 1. The molecule has 2 unspecified atom stereocenters. The number of sulfone groups is 1.